The van der Waals surface area contributed by atoms with Crippen LogP contribution in [0.2, 0.25) is 0 Å². The summed E-state index contributed by atoms with van der Waals surface area (Å²) in [5.41, 5.74) is 0. The molecule has 1 atom stereocenters. The second-order valence-electron chi connectivity index (χ2n) is 4.34. The molecule has 1 unspecified atom stereocenters. The Morgan fingerprint density at radius 1 is 1.56 bits per heavy atom. The van der Waals surface area contributed by atoms with Gasteiger partial charge in [0.15, 0.2) is 0 Å². The average molecular weight is 221 g/mol. The summed E-state index contributed by atoms with van der Waals surface area (Å²) in [6.07, 6.45) is 6.01. The largest absolute Gasteiger partial charge is 0.396 e. The Labute approximate surface area is 96.1 Å². The van der Waals surface area contributed by atoms with Crippen LogP contribution < -0.4 is 5.32 Å². The van der Waals surface area contributed by atoms with Crippen LogP contribution in [0.5, 0.6) is 0 Å². The van der Waals surface area contributed by atoms with Crippen LogP contribution >= 0.6 is 0 Å². The summed E-state index contributed by atoms with van der Waals surface area (Å²) >= 11 is 0. The minimum absolute atomic E-state index is 0.214. The van der Waals surface area contributed by atoms with Gasteiger partial charge in [-0.2, -0.15) is 0 Å². The van der Waals surface area contributed by atoms with Crippen LogP contribution in [0.4, 0.5) is 5.82 Å². The molecule has 0 bridgehead atoms. The van der Waals surface area contributed by atoms with Crippen molar-refractivity contribution in [3.63, 3.8) is 0 Å². The van der Waals surface area contributed by atoms with Gasteiger partial charge in [-0.25, -0.2) is 9.97 Å². The zero-order valence-electron chi connectivity index (χ0n) is 9.69. The smallest absolute Gasteiger partial charge is 0.133 e. The monoisotopic (exact) mass is 221 g/mol. The topological polar surface area (TPSA) is 58.0 Å². The quantitative estimate of drug-likeness (QED) is 0.770. The number of aliphatic hydroxyl groups excluding tert-OH is 1. The third kappa shape index (κ3) is 2.92. The van der Waals surface area contributed by atoms with Crippen molar-refractivity contribution in [3.8, 4) is 0 Å². The van der Waals surface area contributed by atoms with E-state index in [1.165, 1.54) is 12.8 Å². The second-order valence-corrected chi connectivity index (χ2v) is 4.34. The summed E-state index contributed by atoms with van der Waals surface area (Å²) in [5.74, 6) is 2.43. The minimum atomic E-state index is 0.214. The Balaban J connectivity index is 1.99. The van der Waals surface area contributed by atoms with Gasteiger partial charge in [0.25, 0.3) is 0 Å². The predicted octanol–water partition coefficient (Wildman–Crippen LogP) is 1.93. The lowest BCUT2D eigenvalue weighted by molar-refractivity contribution is 0.278. The molecule has 1 aliphatic rings. The highest BCUT2D eigenvalue weighted by Gasteiger charge is 2.26. The molecule has 1 heterocycles. The van der Waals surface area contributed by atoms with Gasteiger partial charge in [-0.15, -0.1) is 0 Å². The number of anilines is 1. The zero-order valence-corrected chi connectivity index (χ0v) is 9.69. The maximum absolute atomic E-state index is 8.93. The molecule has 1 aromatic rings. The van der Waals surface area contributed by atoms with Crippen LogP contribution in [0.3, 0.4) is 0 Å². The van der Waals surface area contributed by atoms with Gasteiger partial charge < -0.3 is 10.4 Å². The molecular formula is C12H19N3O. The standard InChI is InChI=1S/C12H19N3O/c1-2-10(6-8-16)14-11-5-7-13-12(15-11)9-3-4-9/h5,7,9-10,16H,2-4,6,8H2,1H3,(H,13,14,15). The number of aromatic nitrogens is 2. The van der Waals surface area contributed by atoms with Crippen molar-refractivity contribution in [2.75, 3.05) is 11.9 Å². The average Bonchev–Trinajstić information content (AvgIpc) is 3.13. The number of nitrogens with one attached hydrogen (secondary N) is 1. The minimum Gasteiger partial charge on any atom is -0.396 e. The number of rotatable bonds is 6. The molecule has 1 aliphatic carbocycles. The molecule has 16 heavy (non-hydrogen) atoms. The molecule has 88 valence electrons. The molecule has 0 spiro atoms. The lowest BCUT2D eigenvalue weighted by Crippen LogP contribution is -2.20. The van der Waals surface area contributed by atoms with Crippen LogP contribution in [0.1, 0.15) is 44.3 Å². The normalized spacial score (nSPS) is 17.1. The molecule has 1 fully saturated rings. The van der Waals surface area contributed by atoms with Crippen molar-refractivity contribution in [2.24, 2.45) is 0 Å². The van der Waals surface area contributed by atoms with E-state index in [-0.39, 0.29) is 6.61 Å². The van der Waals surface area contributed by atoms with Crippen molar-refractivity contribution >= 4 is 5.82 Å². The van der Waals surface area contributed by atoms with Gasteiger partial charge >= 0.3 is 0 Å². The fourth-order valence-corrected chi connectivity index (χ4v) is 1.74. The maximum atomic E-state index is 8.93. The molecular weight excluding hydrogens is 202 g/mol. The van der Waals surface area contributed by atoms with E-state index in [1.807, 2.05) is 12.3 Å². The van der Waals surface area contributed by atoms with Crippen molar-refractivity contribution < 1.29 is 5.11 Å². The molecule has 1 aromatic heterocycles. The first-order valence-electron chi connectivity index (χ1n) is 6.03. The number of hydrogen-bond donors (Lipinski definition) is 2. The Morgan fingerprint density at radius 3 is 3.00 bits per heavy atom. The van der Waals surface area contributed by atoms with Crippen molar-refractivity contribution in [1.29, 1.82) is 0 Å². The summed E-state index contributed by atoms with van der Waals surface area (Å²) < 4.78 is 0. The first-order chi connectivity index (χ1) is 7.83. The molecule has 2 rings (SSSR count). The van der Waals surface area contributed by atoms with E-state index in [0.717, 1.165) is 24.5 Å². The summed E-state index contributed by atoms with van der Waals surface area (Å²) in [6.45, 7) is 2.32. The van der Waals surface area contributed by atoms with Crippen LogP contribution in [0, 0.1) is 0 Å². The van der Waals surface area contributed by atoms with Gasteiger partial charge in [0.2, 0.25) is 0 Å². The molecule has 4 nitrogen and oxygen atoms in total. The predicted molar refractivity (Wildman–Crippen MR) is 63.4 cm³/mol. The maximum Gasteiger partial charge on any atom is 0.133 e. The zero-order chi connectivity index (χ0) is 11.4. The number of nitrogens with zero attached hydrogens (tertiary/aromatic N) is 2. The number of hydrogen-bond acceptors (Lipinski definition) is 4. The highest BCUT2D eigenvalue weighted by Crippen LogP contribution is 2.38. The molecule has 2 N–H and O–H groups in total. The lowest BCUT2D eigenvalue weighted by Gasteiger charge is -2.16. The molecule has 0 aromatic carbocycles. The van der Waals surface area contributed by atoms with Crippen LogP contribution in [0.15, 0.2) is 12.3 Å². The van der Waals surface area contributed by atoms with Crippen LogP contribution in [-0.2, 0) is 0 Å². The van der Waals surface area contributed by atoms with E-state index in [1.54, 1.807) is 0 Å². The van der Waals surface area contributed by atoms with E-state index < -0.39 is 0 Å². The summed E-state index contributed by atoms with van der Waals surface area (Å²) in [6, 6.07) is 2.19. The van der Waals surface area contributed by atoms with Gasteiger partial charge in [-0.3, -0.25) is 0 Å². The van der Waals surface area contributed by atoms with E-state index in [2.05, 4.69) is 22.2 Å². The molecule has 0 radical (unpaired) electrons. The molecule has 4 heteroatoms. The Hall–Kier alpha value is -1.16. The first kappa shape index (κ1) is 11.3. The van der Waals surface area contributed by atoms with Gasteiger partial charge in [0.1, 0.15) is 11.6 Å². The second kappa shape index (κ2) is 5.25. The van der Waals surface area contributed by atoms with E-state index in [0.29, 0.717) is 12.0 Å². The van der Waals surface area contributed by atoms with Gasteiger partial charge in [-0.1, -0.05) is 6.92 Å². The van der Waals surface area contributed by atoms with E-state index in [4.69, 9.17) is 5.11 Å². The molecule has 1 saturated carbocycles. The highest BCUT2D eigenvalue weighted by molar-refractivity contribution is 5.35. The van der Waals surface area contributed by atoms with Crippen LogP contribution in [0.25, 0.3) is 0 Å². The fraction of sp³-hybridized carbons (Fsp3) is 0.667. The Kier molecular flexibility index (Phi) is 3.72. The summed E-state index contributed by atoms with van der Waals surface area (Å²) in [4.78, 5) is 8.78. The lowest BCUT2D eigenvalue weighted by atomic mass is 10.1. The SMILES string of the molecule is CCC(CCO)Nc1ccnc(C2CC2)n1. The Bertz CT molecular complexity index is 339. The van der Waals surface area contributed by atoms with E-state index >= 15 is 0 Å². The molecule has 0 amide bonds. The van der Waals surface area contributed by atoms with E-state index in [9.17, 15) is 0 Å². The Morgan fingerprint density at radius 2 is 2.38 bits per heavy atom. The third-order valence-corrected chi connectivity index (χ3v) is 2.94. The highest BCUT2D eigenvalue weighted by atomic mass is 16.3. The van der Waals surface area contributed by atoms with Crippen molar-refractivity contribution in [1.82, 2.24) is 9.97 Å². The summed E-state index contributed by atoms with van der Waals surface area (Å²) in [5, 5.41) is 12.3. The van der Waals surface area contributed by atoms with Crippen molar-refractivity contribution in [3.05, 3.63) is 18.1 Å². The number of aliphatic hydroxyl groups is 1. The van der Waals surface area contributed by atoms with Crippen LogP contribution in [-0.4, -0.2) is 27.7 Å². The van der Waals surface area contributed by atoms with Gasteiger partial charge in [-0.05, 0) is 31.7 Å². The van der Waals surface area contributed by atoms with Gasteiger partial charge in [0, 0.05) is 24.8 Å². The molecule has 0 aliphatic heterocycles. The fourth-order valence-electron chi connectivity index (χ4n) is 1.74. The summed E-state index contributed by atoms with van der Waals surface area (Å²) in [7, 11) is 0. The van der Waals surface area contributed by atoms with Gasteiger partial charge in [0.05, 0.1) is 0 Å². The third-order valence-electron chi connectivity index (χ3n) is 2.94. The van der Waals surface area contributed by atoms with Crippen molar-refractivity contribution in [2.45, 2.75) is 44.6 Å². The molecule has 0 saturated heterocycles. The first-order valence-corrected chi connectivity index (χ1v) is 6.03.